The number of rotatable bonds is 4. The summed E-state index contributed by atoms with van der Waals surface area (Å²) in [4.78, 5) is 28.6. The standard InChI is InChI=1S/C19H20N4O2/c1-11(2)23-18-17(10-20-23)16(9-12(3)21-18)19(25)22-15-7-5-14(6-8-15)13(4)24/h5-11H,1-4H3,(H,22,25). The van der Waals surface area contributed by atoms with Crippen molar-refractivity contribution in [2.45, 2.75) is 33.7 Å². The molecule has 0 aliphatic carbocycles. The number of nitrogens with one attached hydrogen (secondary N) is 1. The molecule has 0 spiro atoms. The summed E-state index contributed by atoms with van der Waals surface area (Å²) in [6.07, 6.45) is 1.68. The van der Waals surface area contributed by atoms with Crippen molar-refractivity contribution in [1.82, 2.24) is 14.8 Å². The van der Waals surface area contributed by atoms with Gasteiger partial charge in [-0.1, -0.05) is 0 Å². The van der Waals surface area contributed by atoms with E-state index in [1.165, 1.54) is 6.92 Å². The fourth-order valence-corrected chi connectivity index (χ4v) is 2.70. The molecule has 25 heavy (non-hydrogen) atoms. The number of fused-ring (bicyclic) bond motifs is 1. The molecule has 0 saturated carbocycles. The first-order valence-electron chi connectivity index (χ1n) is 8.14. The van der Waals surface area contributed by atoms with E-state index in [0.717, 1.165) is 11.1 Å². The number of aryl methyl sites for hydroxylation is 1. The molecule has 1 N–H and O–H groups in total. The quantitative estimate of drug-likeness (QED) is 0.736. The summed E-state index contributed by atoms with van der Waals surface area (Å²) in [6.45, 7) is 7.41. The van der Waals surface area contributed by atoms with Crippen LogP contribution in [0.4, 0.5) is 5.69 Å². The average Bonchev–Trinajstić information content (AvgIpc) is 2.98. The number of nitrogens with zero attached hydrogens (tertiary/aromatic N) is 3. The van der Waals surface area contributed by atoms with Gasteiger partial charge in [-0.3, -0.25) is 9.59 Å². The van der Waals surface area contributed by atoms with Crippen LogP contribution in [0.3, 0.4) is 0 Å². The van der Waals surface area contributed by atoms with Crippen molar-refractivity contribution in [1.29, 1.82) is 0 Å². The van der Waals surface area contributed by atoms with Crippen molar-refractivity contribution in [3.8, 4) is 0 Å². The van der Waals surface area contributed by atoms with Gasteiger partial charge in [-0.05, 0) is 58.0 Å². The highest BCUT2D eigenvalue weighted by atomic mass is 16.1. The first-order chi connectivity index (χ1) is 11.9. The zero-order valence-electron chi connectivity index (χ0n) is 14.7. The number of ketones is 1. The molecule has 6 nitrogen and oxygen atoms in total. The second-order valence-electron chi connectivity index (χ2n) is 6.32. The highest BCUT2D eigenvalue weighted by molar-refractivity contribution is 6.12. The number of Topliss-reactive ketones (excluding diaryl/α,β-unsaturated/α-hetero) is 1. The Morgan fingerprint density at radius 2 is 1.84 bits per heavy atom. The molecule has 6 heteroatoms. The van der Waals surface area contributed by atoms with E-state index in [0.29, 0.717) is 22.5 Å². The van der Waals surface area contributed by atoms with Crippen LogP contribution in [0, 0.1) is 6.92 Å². The third-order valence-corrected chi connectivity index (χ3v) is 3.98. The van der Waals surface area contributed by atoms with E-state index in [1.807, 2.05) is 20.8 Å². The van der Waals surface area contributed by atoms with E-state index < -0.39 is 0 Å². The molecule has 0 atom stereocenters. The number of aromatic nitrogens is 3. The van der Waals surface area contributed by atoms with Gasteiger partial charge in [-0.2, -0.15) is 5.10 Å². The van der Waals surface area contributed by atoms with E-state index in [9.17, 15) is 9.59 Å². The Labute approximate surface area is 145 Å². The summed E-state index contributed by atoms with van der Waals surface area (Å²) in [5.41, 5.74) is 3.23. The SMILES string of the molecule is CC(=O)c1ccc(NC(=O)c2cc(C)nc3c2cnn3C(C)C)cc1. The molecule has 0 aliphatic heterocycles. The Hall–Kier alpha value is -3.02. The third-order valence-electron chi connectivity index (χ3n) is 3.98. The van der Waals surface area contributed by atoms with Gasteiger partial charge < -0.3 is 5.32 Å². The van der Waals surface area contributed by atoms with E-state index in [-0.39, 0.29) is 17.7 Å². The van der Waals surface area contributed by atoms with Gasteiger partial charge >= 0.3 is 0 Å². The number of pyridine rings is 1. The molecule has 0 unspecified atom stereocenters. The minimum absolute atomic E-state index is 0.00885. The fraction of sp³-hybridized carbons (Fsp3) is 0.263. The van der Waals surface area contributed by atoms with Crippen molar-refractivity contribution in [3.63, 3.8) is 0 Å². The molecule has 0 saturated heterocycles. The van der Waals surface area contributed by atoms with E-state index in [2.05, 4.69) is 15.4 Å². The molecule has 0 fully saturated rings. The summed E-state index contributed by atoms with van der Waals surface area (Å²) >= 11 is 0. The van der Waals surface area contributed by atoms with Crippen molar-refractivity contribution in [2.24, 2.45) is 0 Å². The predicted octanol–water partition coefficient (Wildman–Crippen LogP) is 3.78. The fourth-order valence-electron chi connectivity index (χ4n) is 2.70. The van der Waals surface area contributed by atoms with Crippen molar-refractivity contribution in [2.75, 3.05) is 5.32 Å². The van der Waals surface area contributed by atoms with Gasteiger partial charge in [0.05, 0.1) is 17.1 Å². The number of hydrogen-bond donors (Lipinski definition) is 1. The lowest BCUT2D eigenvalue weighted by Crippen LogP contribution is -2.13. The number of hydrogen-bond acceptors (Lipinski definition) is 4. The molecule has 2 heterocycles. The second kappa shape index (κ2) is 6.47. The summed E-state index contributed by atoms with van der Waals surface area (Å²) in [5.74, 6) is -0.236. The van der Waals surface area contributed by atoms with Crippen LogP contribution in [0.2, 0.25) is 0 Å². The Balaban J connectivity index is 1.95. The van der Waals surface area contributed by atoms with Crippen LogP contribution >= 0.6 is 0 Å². The maximum atomic E-state index is 12.7. The first kappa shape index (κ1) is 16.8. The number of carbonyl (C=O) groups is 2. The predicted molar refractivity (Wildman–Crippen MR) is 97.0 cm³/mol. The topological polar surface area (TPSA) is 76.9 Å². The largest absolute Gasteiger partial charge is 0.322 e. The number of carbonyl (C=O) groups excluding carboxylic acids is 2. The van der Waals surface area contributed by atoms with Gasteiger partial charge in [0.15, 0.2) is 11.4 Å². The van der Waals surface area contributed by atoms with Gasteiger partial charge in [-0.15, -0.1) is 0 Å². The molecule has 3 rings (SSSR count). The monoisotopic (exact) mass is 336 g/mol. The maximum absolute atomic E-state index is 12.7. The zero-order chi connectivity index (χ0) is 18.1. The van der Waals surface area contributed by atoms with Crippen LogP contribution in [-0.4, -0.2) is 26.5 Å². The number of benzene rings is 1. The van der Waals surface area contributed by atoms with Crippen LogP contribution in [-0.2, 0) is 0 Å². The molecular formula is C19H20N4O2. The Kier molecular flexibility index (Phi) is 4.35. The van der Waals surface area contributed by atoms with Gasteiger partial charge in [-0.25, -0.2) is 9.67 Å². The lowest BCUT2D eigenvalue weighted by atomic mass is 10.1. The minimum atomic E-state index is -0.227. The van der Waals surface area contributed by atoms with Crippen LogP contribution in [0.5, 0.6) is 0 Å². The van der Waals surface area contributed by atoms with E-state index >= 15 is 0 Å². The molecule has 1 aromatic carbocycles. The van der Waals surface area contributed by atoms with Crippen molar-refractivity contribution >= 4 is 28.4 Å². The molecule has 2 aromatic heterocycles. The van der Waals surface area contributed by atoms with Gasteiger partial charge in [0.25, 0.3) is 5.91 Å². The molecule has 3 aromatic rings. The van der Waals surface area contributed by atoms with Gasteiger partial charge in [0.2, 0.25) is 0 Å². The van der Waals surface area contributed by atoms with E-state index in [4.69, 9.17) is 0 Å². The van der Waals surface area contributed by atoms with Crippen LogP contribution < -0.4 is 5.32 Å². The summed E-state index contributed by atoms with van der Waals surface area (Å²) < 4.78 is 1.81. The molecule has 0 radical (unpaired) electrons. The highest BCUT2D eigenvalue weighted by Crippen LogP contribution is 2.22. The number of anilines is 1. The Morgan fingerprint density at radius 1 is 1.16 bits per heavy atom. The number of amides is 1. The molecule has 128 valence electrons. The van der Waals surface area contributed by atoms with Crippen LogP contribution in [0.1, 0.15) is 53.2 Å². The Morgan fingerprint density at radius 3 is 2.44 bits per heavy atom. The molecule has 1 amide bonds. The summed E-state index contributed by atoms with van der Waals surface area (Å²) in [5, 5.41) is 7.94. The minimum Gasteiger partial charge on any atom is -0.322 e. The highest BCUT2D eigenvalue weighted by Gasteiger charge is 2.17. The average molecular weight is 336 g/mol. The van der Waals surface area contributed by atoms with Gasteiger partial charge in [0, 0.05) is 23.0 Å². The smallest absolute Gasteiger partial charge is 0.256 e. The van der Waals surface area contributed by atoms with Crippen LogP contribution in [0.15, 0.2) is 36.5 Å². The Bertz CT molecular complexity index is 955. The van der Waals surface area contributed by atoms with Crippen molar-refractivity contribution < 1.29 is 9.59 Å². The lowest BCUT2D eigenvalue weighted by molar-refractivity contribution is 0.101. The van der Waals surface area contributed by atoms with E-state index in [1.54, 1.807) is 41.2 Å². The third kappa shape index (κ3) is 3.28. The molecule has 0 aliphatic rings. The molecule has 0 bridgehead atoms. The normalized spacial score (nSPS) is 11.1. The second-order valence-corrected chi connectivity index (χ2v) is 6.32. The van der Waals surface area contributed by atoms with Gasteiger partial charge in [0.1, 0.15) is 0 Å². The van der Waals surface area contributed by atoms with Crippen LogP contribution in [0.25, 0.3) is 11.0 Å². The summed E-state index contributed by atoms with van der Waals surface area (Å²) in [7, 11) is 0. The lowest BCUT2D eigenvalue weighted by Gasteiger charge is -2.10. The summed E-state index contributed by atoms with van der Waals surface area (Å²) in [6, 6.07) is 8.74. The zero-order valence-corrected chi connectivity index (χ0v) is 14.7. The first-order valence-corrected chi connectivity index (χ1v) is 8.14. The van der Waals surface area contributed by atoms with Crippen molar-refractivity contribution in [3.05, 3.63) is 53.3 Å². The molecular weight excluding hydrogens is 316 g/mol. The maximum Gasteiger partial charge on any atom is 0.256 e.